The number of oxime groups is 1. The van der Waals surface area contributed by atoms with Crippen molar-refractivity contribution >= 4 is 11.7 Å². The second-order valence-electron chi connectivity index (χ2n) is 3.31. The third-order valence-electron chi connectivity index (χ3n) is 2.48. The fraction of sp³-hybridized carbons (Fsp3) is 0.778. The zero-order valence-electron chi connectivity index (χ0n) is 7.82. The first-order chi connectivity index (χ1) is 6.27. The normalized spacial score (nSPS) is 25.9. The van der Waals surface area contributed by atoms with Gasteiger partial charge in [-0.2, -0.15) is 0 Å². The van der Waals surface area contributed by atoms with Gasteiger partial charge in [-0.05, 0) is 19.3 Å². The maximum atomic E-state index is 11.0. The van der Waals surface area contributed by atoms with Crippen LogP contribution in [0.15, 0.2) is 5.16 Å². The second kappa shape index (κ2) is 4.84. The summed E-state index contributed by atoms with van der Waals surface area (Å²) in [6.45, 7) is 0. The van der Waals surface area contributed by atoms with Gasteiger partial charge in [0.25, 0.3) is 0 Å². The highest BCUT2D eigenvalue weighted by atomic mass is 16.5. The molecule has 4 nitrogen and oxygen atoms in total. The third-order valence-corrected chi connectivity index (χ3v) is 2.48. The molecule has 13 heavy (non-hydrogen) atoms. The van der Waals surface area contributed by atoms with Crippen LogP contribution in [0.1, 0.15) is 32.1 Å². The van der Waals surface area contributed by atoms with E-state index in [1.807, 2.05) is 0 Å². The van der Waals surface area contributed by atoms with Crippen molar-refractivity contribution in [3.05, 3.63) is 0 Å². The van der Waals surface area contributed by atoms with Crippen LogP contribution in [-0.4, -0.2) is 24.0 Å². The zero-order chi connectivity index (χ0) is 9.68. The highest BCUT2D eigenvalue weighted by Crippen LogP contribution is 2.24. The Morgan fingerprint density at radius 3 is 3.08 bits per heavy atom. The lowest BCUT2D eigenvalue weighted by atomic mass is 9.85. The highest BCUT2D eigenvalue weighted by Gasteiger charge is 2.23. The van der Waals surface area contributed by atoms with E-state index in [0.29, 0.717) is 6.42 Å². The predicted molar refractivity (Wildman–Crippen MR) is 47.8 cm³/mol. The smallest absolute Gasteiger partial charge is 0.306 e. The average Bonchev–Trinajstić information content (AvgIpc) is 2.18. The van der Waals surface area contributed by atoms with Crippen LogP contribution in [0.2, 0.25) is 0 Å². The van der Waals surface area contributed by atoms with Gasteiger partial charge in [0, 0.05) is 5.92 Å². The van der Waals surface area contributed by atoms with Crippen molar-refractivity contribution < 1.29 is 14.7 Å². The first-order valence-electron chi connectivity index (χ1n) is 4.55. The van der Waals surface area contributed by atoms with E-state index in [1.54, 1.807) is 0 Å². The Bertz CT molecular complexity index is 213. The lowest BCUT2D eigenvalue weighted by Crippen LogP contribution is -2.22. The summed E-state index contributed by atoms with van der Waals surface area (Å²) in [5.74, 6) is -0.140. The summed E-state index contributed by atoms with van der Waals surface area (Å²) >= 11 is 0. The summed E-state index contributed by atoms with van der Waals surface area (Å²) in [4.78, 5) is 11.0. The monoisotopic (exact) mass is 185 g/mol. The predicted octanol–water partition coefficient (Wildman–Crippen LogP) is 1.57. The molecule has 0 amide bonds. The molecule has 0 aromatic carbocycles. The summed E-state index contributed by atoms with van der Waals surface area (Å²) in [6, 6.07) is 0. The minimum absolute atomic E-state index is 0.0891. The molecule has 74 valence electrons. The lowest BCUT2D eigenvalue weighted by molar-refractivity contribution is -0.141. The van der Waals surface area contributed by atoms with Crippen LogP contribution in [-0.2, 0) is 9.53 Å². The van der Waals surface area contributed by atoms with E-state index in [-0.39, 0.29) is 11.9 Å². The molecule has 0 aromatic rings. The molecule has 0 bridgehead atoms. The summed E-state index contributed by atoms with van der Waals surface area (Å²) in [6.07, 6.45) is 4.22. The Kier molecular flexibility index (Phi) is 3.73. The molecule has 1 N–H and O–H groups in total. The van der Waals surface area contributed by atoms with Gasteiger partial charge in [-0.1, -0.05) is 11.6 Å². The van der Waals surface area contributed by atoms with Crippen molar-refractivity contribution in [2.24, 2.45) is 11.1 Å². The number of nitrogens with zero attached hydrogens (tertiary/aromatic N) is 1. The van der Waals surface area contributed by atoms with Crippen molar-refractivity contribution in [1.82, 2.24) is 0 Å². The van der Waals surface area contributed by atoms with Crippen LogP contribution >= 0.6 is 0 Å². The summed E-state index contributed by atoms with van der Waals surface area (Å²) in [7, 11) is 1.38. The van der Waals surface area contributed by atoms with Gasteiger partial charge in [0.05, 0.1) is 19.2 Å². The summed E-state index contributed by atoms with van der Waals surface area (Å²) in [5, 5.41) is 11.9. The fourth-order valence-corrected chi connectivity index (χ4v) is 1.70. The van der Waals surface area contributed by atoms with Gasteiger partial charge in [0.2, 0.25) is 0 Å². The molecule has 1 aliphatic carbocycles. The van der Waals surface area contributed by atoms with Crippen molar-refractivity contribution in [3.8, 4) is 0 Å². The molecular formula is C9H15NO3. The second-order valence-corrected chi connectivity index (χ2v) is 3.31. The van der Waals surface area contributed by atoms with Gasteiger partial charge in [0.15, 0.2) is 0 Å². The fourth-order valence-electron chi connectivity index (χ4n) is 1.70. The topological polar surface area (TPSA) is 58.9 Å². The van der Waals surface area contributed by atoms with Gasteiger partial charge in [-0.15, -0.1) is 0 Å². The summed E-state index contributed by atoms with van der Waals surface area (Å²) in [5.41, 5.74) is 0.747. The van der Waals surface area contributed by atoms with E-state index in [4.69, 9.17) is 5.21 Å². The number of methoxy groups -OCH3 is 1. The number of ether oxygens (including phenoxy) is 1. The van der Waals surface area contributed by atoms with Crippen LogP contribution in [0.5, 0.6) is 0 Å². The van der Waals surface area contributed by atoms with E-state index >= 15 is 0 Å². The molecular weight excluding hydrogens is 170 g/mol. The molecule has 1 aliphatic rings. The van der Waals surface area contributed by atoms with E-state index in [0.717, 1.165) is 31.4 Å². The van der Waals surface area contributed by atoms with Crippen LogP contribution in [0.25, 0.3) is 0 Å². The molecule has 0 aromatic heterocycles. The van der Waals surface area contributed by atoms with Gasteiger partial charge in [0.1, 0.15) is 0 Å². The minimum atomic E-state index is -0.229. The SMILES string of the molecule is COC(=O)C[C@@H]1CCCC/C1=N/O. The van der Waals surface area contributed by atoms with Crippen LogP contribution in [0.4, 0.5) is 0 Å². The Labute approximate surface area is 77.6 Å². The maximum absolute atomic E-state index is 11.0. The number of esters is 1. The van der Waals surface area contributed by atoms with Crippen LogP contribution < -0.4 is 0 Å². The summed E-state index contributed by atoms with van der Waals surface area (Å²) < 4.78 is 4.57. The molecule has 0 radical (unpaired) electrons. The molecule has 0 spiro atoms. The van der Waals surface area contributed by atoms with E-state index in [2.05, 4.69) is 9.89 Å². The van der Waals surface area contributed by atoms with Gasteiger partial charge in [-0.25, -0.2) is 0 Å². The van der Waals surface area contributed by atoms with Crippen LogP contribution in [0.3, 0.4) is 0 Å². The Morgan fingerprint density at radius 2 is 2.46 bits per heavy atom. The van der Waals surface area contributed by atoms with Gasteiger partial charge < -0.3 is 9.94 Å². The molecule has 4 heteroatoms. The molecule has 0 unspecified atom stereocenters. The number of carbonyl (C=O) groups is 1. The first-order valence-corrected chi connectivity index (χ1v) is 4.55. The zero-order valence-corrected chi connectivity index (χ0v) is 7.82. The van der Waals surface area contributed by atoms with Crippen molar-refractivity contribution in [2.45, 2.75) is 32.1 Å². The molecule has 0 saturated heterocycles. The third kappa shape index (κ3) is 2.72. The van der Waals surface area contributed by atoms with Crippen LogP contribution in [0, 0.1) is 5.92 Å². The first kappa shape index (κ1) is 10.0. The van der Waals surface area contributed by atoms with Crippen molar-refractivity contribution in [2.75, 3.05) is 7.11 Å². The molecule has 1 fully saturated rings. The van der Waals surface area contributed by atoms with Gasteiger partial charge in [-0.3, -0.25) is 4.79 Å². The Morgan fingerprint density at radius 1 is 1.69 bits per heavy atom. The molecule has 0 heterocycles. The minimum Gasteiger partial charge on any atom is -0.469 e. The van der Waals surface area contributed by atoms with E-state index in [1.165, 1.54) is 7.11 Å². The Hall–Kier alpha value is -1.06. The van der Waals surface area contributed by atoms with Gasteiger partial charge >= 0.3 is 5.97 Å². The lowest BCUT2D eigenvalue weighted by Gasteiger charge is -2.21. The maximum Gasteiger partial charge on any atom is 0.306 e. The van der Waals surface area contributed by atoms with E-state index < -0.39 is 0 Å². The standard InChI is InChI=1S/C9H15NO3/c1-13-9(11)6-7-4-2-3-5-8(7)10-12/h7,12H,2-6H2,1H3/b10-8-/t7-/m0/s1. The average molecular weight is 185 g/mol. The van der Waals surface area contributed by atoms with Crippen molar-refractivity contribution in [1.29, 1.82) is 0 Å². The van der Waals surface area contributed by atoms with E-state index in [9.17, 15) is 4.79 Å². The highest BCUT2D eigenvalue weighted by molar-refractivity contribution is 5.89. The molecule has 1 rings (SSSR count). The Balaban J connectivity index is 2.50. The quantitative estimate of drug-likeness (QED) is 0.403. The number of rotatable bonds is 2. The molecule has 1 saturated carbocycles. The van der Waals surface area contributed by atoms with Crippen molar-refractivity contribution in [3.63, 3.8) is 0 Å². The largest absolute Gasteiger partial charge is 0.469 e. The molecule has 1 atom stereocenters. The number of hydrogen-bond acceptors (Lipinski definition) is 4. The number of carbonyl (C=O) groups excluding carboxylic acids is 1. The number of hydrogen-bond donors (Lipinski definition) is 1. The molecule has 0 aliphatic heterocycles.